The van der Waals surface area contributed by atoms with E-state index in [2.05, 4.69) is 31.4 Å². The predicted molar refractivity (Wildman–Crippen MR) is 79.9 cm³/mol. The number of amides is 1. The molecule has 0 radical (unpaired) electrons. The fourth-order valence-electron chi connectivity index (χ4n) is 3.15. The molecular formula is C15H29N3O2. The highest BCUT2D eigenvalue weighted by atomic mass is 16.6. The maximum Gasteiger partial charge on any atom is 0.410 e. The monoisotopic (exact) mass is 283 g/mol. The molecular weight excluding hydrogens is 254 g/mol. The highest BCUT2D eigenvalue weighted by Crippen LogP contribution is 2.24. The molecule has 2 aliphatic rings. The molecule has 0 saturated carbocycles. The molecule has 0 atom stereocenters. The zero-order valence-electron chi connectivity index (χ0n) is 13.1. The summed E-state index contributed by atoms with van der Waals surface area (Å²) in [6.45, 7) is 10.1. The molecule has 2 rings (SSSR count). The van der Waals surface area contributed by atoms with Gasteiger partial charge in [0, 0.05) is 11.6 Å². The molecule has 2 fully saturated rings. The van der Waals surface area contributed by atoms with Gasteiger partial charge < -0.3 is 20.3 Å². The average Bonchev–Trinajstić information content (AvgIpc) is 2.39. The van der Waals surface area contributed by atoms with Gasteiger partial charge in [-0.15, -0.1) is 0 Å². The number of rotatable bonds is 2. The van der Waals surface area contributed by atoms with Gasteiger partial charge in [-0.2, -0.15) is 0 Å². The Morgan fingerprint density at radius 2 is 1.50 bits per heavy atom. The Kier molecular flexibility index (Phi) is 5.27. The van der Waals surface area contributed by atoms with Gasteiger partial charge in [0.25, 0.3) is 0 Å². The average molecular weight is 283 g/mol. The Balaban J connectivity index is 1.99. The molecule has 2 N–H and O–H groups in total. The Morgan fingerprint density at radius 3 is 2.00 bits per heavy atom. The largest absolute Gasteiger partial charge is 0.446 e. The molecule has 0 aromatic carbocycles. The van der Waals surface area contributed by atoms with Gasteiger partial charge in [-0.05, 0) is 72.6 Å². The first-order valence-corrected chi connectivity index (χ1v) is 7.90. The molecule has 2 aliphatic heterocycles. The van der Waals surface area contributed by atoms with Crippen LogP contribution in [0.4, 0.5) is 4.79 Å². The van der Waals surface area contributed by atoms with Crippen molar-refractivity contribution >= 4 is 6.09 Å². The van der Waals surface area contributed by atoms with Crippen molar-refractivity contribution in [3.63, 3.8) is 0 Å². The molecule has 1 amide bonds. The van der Waals surface area contributed by atoms with Crippen LogP contribution in [0.15, 0.2) is 0 Å². The van der Waals surface area contributed by atoms with Crippen LogP contribution in [0.5, 0.6) is 0 Å². The fraction of sp³-hybridized carbons (Fsp3) is 0.933. The summed E-state index contributed by atoms with van der Waals surface area (Å²) in [5, 5.41) is 6.65. The molecule has 2 heterocycles. The van der Waals surface area contributed by atoms with Crippen LogP contribution in [-0.2, 0) is 4.74 Å². The standard InChI is InChI=1S/C15H29N3O2/c1-15(2,3)18(12-4-8-16-9-5-12)14(19)20-13-6-10-17-11-7-13/h12-13,16-17H,4-11H2,1-3H3. The minimum atomic E-state index is -0.188. The SMILES string of the molecule is CC(C)(C)N(C(=O)OC1CCNCC1)C1CCNCC1. The molecule has 5 nitrogen and oxygen atoms in total. The van der Waals surface area contributed by atoms with Crippen molar-refractivity contribution in [3.05, 3.63) is 0 Å². The fourth-order valence-corrected chi connectivity index (χ4v) is 3.15. The van der Waals surface area contributed by atoms with Crippen LogP contribution in [-0.4, -0.2) is 54.9 Å². The smallest absolute Gasteiger partial charge is 0.410 e. The van der Waals surface area contributed by atoms with Gasteiger partial charge in [0.2, 0.25) is 0 Å². The first kappa shape index (κ1) is 15.6. The Labute approximate surface area is 122 Å². The molecule has 0 bridgehead atoms. The number of nitrogens with one attached hydrogen (secondary N) is 2. The van der Waals surface area contributed by atoms with Crippen molar-refractivity contribution in [1.82, 2.24) is 15.5 Å². The summed E-state index contributed by atoms with van der Waals surface area (Å²) < 4.78 is 5.76. The first-order chi connectivity index (χ1) is 9.48. The number of carbonyl (C=O) groups excluding carboxylic acids is 1. The molecule has 0 spiro atoms. The van der Waals surface area contributed by atoms with E-state index >= 15 is 0 Å². The summed E-state index contributed by atoms with van der Waals surface area (Å²) in [6.07, 6.45) is 3.83. The van der Waals surface area contributed by atoms with Crippen LogP contribution in [0.1, 0.15) is 46.5 Å². The Morgan fingerprint density at radius 1 is 1.00 bits per heavy atom. The third kappa shape index (κ3) is 4.09. The summed E-state index contributed by atoms with van der Waals surface area (Å²) in [4.78, 5) is 14.6. The number of ether oxygens (including phenoxy) is 1. The zero-order chi connectivity index (χ0) is 14.6. The van der Waals surface area contributed by atoms with Crippen LogP contribution in [0.2, 0.25) is 0 Å². The van der Waals surface area contributed by atoms with Crippen molar-refractivity contribution in [2.24, 2.45) is 0 Å². The zero-order valence-corrected chi connectivity index (χ0v) is 13.1. The third-order valence-electron chi connectivity index (χ3n) is 4.15. The van der Waals surface area contributed by atoms with Crippen LogP contribution in [0, 0.1) is 0 Å². The topological polar surface area (TPSA) is 53.6 Å². The molecule has 2 saturated heterocycles. The number of hydrogen-bond acceptors (Lipinski definition) is 4. The lowest BCUT2D eigenvalue weighted by atomic mass is 9.98. The number of hydrogen-bond donors (Lipinski definition) is 2. The van der Waals surface area contributed by atoms with E-state index in [1.54, 1.807) is 0 Å². The van der Waals surface area contributed by atoms with E-state index in [0.717, 1.165) is 51.9 Å². The maximum absolute atomic E-state index is 12.6. The maximum atomic E-state index is 12.6. The van der Waals surface area contributed by atoms with E-state index in [1.807, 2.05) is 4.90 Å². The second kappa shape index (κ2) is 6.76. The first-order valence-electron chi connectivity index (χ1n) is 7.90. The summed E-state index contributed by atoms with van der Waals surface area (Å²) in [6, 6.07) is 0.297. The Hall–Kier alpha value is -0.810. The quantitative estimate of drug-likeness (QED) is 0.810. The lowest BCUT2D eigenvalue weighted by Crippen LogP contribution is -2.55. The van der Waals surface area contributed by atoms with E-state index in [4.69, 9.17) is 4.74 Å². The molecule has 0 aliphatic carbocycles. The summed E-state index contributed by atoms with van der Waals surface area (Å²) in [7, 11) is 0. The molecule has 20 heavy (non-hydrogen) atoms. The number of piperidine rings is 2. The highest BCUT2D eigenvalue weighted by Gasteiger charge is 2.36. The summed E-state index contributed by atoms with van der Waals surface area (Å²) in [5.41, 5.74) is -0.188. The predicted octanol–water partition coefficient (Wildman–Crippen LogP) is 1.73. The summed E-state index contributed by atoms with van der Waals surface area (Å²) >= 11 is 0. The van der Waals surface area contributed by atoms with Crippen LogP contribution >= 0.6 is 0 Å². The number of carbonyl (C=O) groups is 1. The molecule has 5 heteroatoms. The molecule has 116 valence electrons. The van der Waals surface area contributed by atoms with Gasteiger partial charge in [0.15, 0.2) is 0 Å². The second-order valence-corrected chi connectivity index (χ2v) is 6.86. The van der Waals surface area contributed by atoms with Gasteiger partial charge in [0.1, 0.15) is 6.10 Å². The van der Waals surface area contributed by atoms with E-state index < -0.39 is 0 Å². The molecule has 0 unspecified atom stereocenters. The lowest BCUT2D eigenvalue weighted by molar-refractivity contribution is 0.00533. The Bertz CT molecular complexity index is 316. The van der Waals surface area contributed by atoms with E-state index in [1.165, 1.54) is 0 Å². The van der Waals surface area contributed by atoms with Crippen molar-refractivity contribution in [2.45, 2.75) is 64.1 Å². The van der Waals surface area contributed by atoms with E-state index in [9.17, 15) is 4.79 Å². The minimum absolute atomic E-state index is 0.0790. The van der Waals surface area contributed by atoms with Gasteiger partial charge in [0.05, 0.1) is 0 Å². The van der Waals surface area contributed by atoms with Crippen LogP contribution in [0.25, 0.3) is 0 Å². The lowest BCUT2D eigenvalue weighted by Gasteiger charge is -2.43. The minimum Gasteiger partial charge on any atom is -0.446 e. The summed E-state index contributed by atoms with van der Waals surface area (Å²) in [5.74, 6) is 0. The third-order valence-corrected chi connectivity index (χ3v) is 4.15. The van der Waals surface area contributed by atoms with Crippen molar-refractivity contribution in [1.29, 1.82) is 0 Å². The molecule has 0 aromatic heterocycles. The van der Waals surface area contributed by atoms with Crippen molar-refractivity contribution in [3.8, 4) is 0 Å². The van der Waals surface area contributed by atoms with Crippen molar-refractivity contribution in [2.75, 3.05) is 26.2 Å². The van der Waals surface area contributed by atoms with Gasteiger partial charge >= 0.3 is 6.09 Å². The van der Waals surface area contributed by atoms with Gasteiger partial charge in [-0.1, -0.05) is 0 Å². The van der Waals surface area contributed by atoms with Gasteiger partial charge in [-0.3, -0.25) is 0 Å². The van der Waals surface area contributed by atoms with E-state index in [-0.39, 0.29) is 17.7 Å². The highest BCUT2D eigenvalue weighted by molar-refractivity contribution is 5.69. The molecule has 0 aromatic rings. The van der Waals surface area contributed by atoms with Gasteiger partial charge in [-0.25, -0.2) is 4.79 Å². The number of nitrogens with zero attached hydrogens (tertiary/aromatic N) is 1. The van der Waals surface area contributed by atoms with Crippen LogP contribution < -0.4 is 10.6 Å². The second-order valence-electron chi connectivity index (χ2n) is 6.86. The van der Waals surface area contributed by atoms with Crippen LogP contribution in [0.3, 0.4) is 0 Å². The normalized spacial score (nSPS) is 22.6. The van der Waals surface area contributed by atoms with Crippen molar-refractivity contribution < 1.29 is 9.53 Å². The van der Waals surface area contributed by atoms with E-state index in [0.29, 0.717) is 6.04 Å².